The van der Waals surface area contributed by atoms with E-state index in [0.29, 0.717) is 31.0 Å². The molecule has 0 atom stereocenters. The van der Waals surface area contributed by atoms with Crippen LogP contribution in [0.3, 0.4) is 0 Å². The van der Waals surface area contributed by atoms with Gasteiger partial charge in [-0.2, -0.15) is 4.98 Å². The van der Waals surface area contributed by atoms with Gasteiger partial charge in [0.15, 0.2) is 5.65 Å². The van der Waals surface area contributed by atoms with Crippen LogP contribution >= 0.6 is 0 Å². The molecule has 0 amide bonds. The molecule has 4 aromatic heterocycles. The Hall–Kier alpha value is -3.10. The lowest BCUT2D eigenvalue weighted by Gasteiger charge is -2.28. The van der Waals surface area contributed by atoms with Gasteiger partial charge in [0.1, 0.15) is 17.0 Å². The van der Waals surface area contributed by atoms with Crippen molar-refractivity contribution in [3.63, 3.8) is 0 Å². The third-order valence-corrected chi connectivity index (χ3v) is 6.32. The quantitative estimate of drug-likeness (QED) is 0.429. The standard InChI is InChI=1S/C23H27F2N7/c1-13(2)32-14(3)29-19-5-4-18(30-21(19)32)16-11-26-20-17(16)12-28-22(31-20)27-10-15-6-8-23(24,25)9-7-15/h4-5,11-13,15H,6-10H2,1-3H3,(H2,26,27,28,31). The second kappa shape index (κ2) is 7.79. The molecule has 32 heavy (non-hydrogen) atoms. The first kappa shape index (κ1) is 20.8. The van der Waals surface area contributed by atoms with E-state index in [-0.39, 0.29) is 24.8 Å². The number of fused-ring (bicyclic) bond motifs is 2. The summed E-state index contributed by atoms with van der Waals surface area (Å²) in [6.07, 6.45) is 4.65. The van der Waals surface area contributed by atoms with Gasteiger partial charge in [-0.3, -0.25) is 0 Å². The minimum atomic E-state index is -2.50. The van der Waals surface area contributed by atoms with Crippen molar-refractivity contribution in [3.05, 3.63) is 30.4 Å². The maximum atomic E-state index is 13.3. The van der Waals surface area contributed by atoms with Gasteiger partial charge in [0.05, 0.1) is 5.69 Å². The number of aryl methyl sites for hydroxylation is 1. The number of hydrogen-bond acceptors (Lipinski definition) is 5. The van der Waals surface area contributed by atoms with E-state index in [1.807, 2.05) is 25.3 Å². The number of H-pyrrole nitrogens is 1. The summed E-state index contributed by atoms with van der Waals surface area (Å²) < 4.78 is 28.8. The highest BCUT2D eigenvalue weighted by Gasteiger charge is 2.34. The van der Waals surface area contributed by atoms with E-state index in [1.54, 1.807) is 6.20 Å². The molecule has 4 aromatic rings. The van der Waals surface area contributed by atoms with Crippen molar-refractivity contribution in [2.24, 2.45) is 5.92 Å². The fourth-order valence-corrected chi connectivity index (χ4v) is 4.60. The highest BCUT2D eigenvalue weighted by molar-refractivity contribution is 5.93. The van der Waals surface area contributed by atoms with Crippen molar-refractivity contribution < 1.29 is 8.78 Å². The summed E-state index contributed by atoms with van der Waals surface area (Å²) in [5.41, 5.74) is 4.21. The minimum absolute atomic E-state index is 0.0359. The predicted molar refractivity (Wildman–Crippen MR) is 121 cm³/mol. The number of hydrogen-bond donors (Lipinski definition) is 2. The van der Waals surface area contributed by atoms with Crippen molar-refractivity contribution in [2.75, 3.05) is 11.9 Å². The maximum absolute atomic E-state index is 13.3. The Bertz CT molecular complexity index is 1260. The first-order valence-corrected chi connectivity index (χ1v) is 11.1. The largest absolute Gasteiger partial charge is 0.354 e. The second-order valence-electron chi connectivity index (χ2n) is 9.00. The lowest BCUT2D eigenvalue weighted by molar-refractivity contribution is -0.0443. The fourth-order valence-electron chi connectivity index (χ4n) is 4.60. The Morgan fingerprint density at radius 1 is 1.19 bits per heavy atom. The first-order valence-electron chi connectivity index (χ1n) is 11.1. The molecule has 0 spiro atoms. The van der Waals surface area contributed by atoms with E-state index in [0.717, 1.165) is 33.6 Å². The third kappa shape index (κ3) is 3.80. The fraction of sp³-hybridized carbons (Fsp3) is 0.478. The molecule has 4 heterocycles. The van der Waals surface area contributed by atoms with Crippen LogP contribution in [0.1, 0.15) is 51.4 Å². The van der Waals surface area contributed by atoms with Gasteiger partial charge in [-0.25, -0.2) is 23.7 Å². The molecular formula is C23H27F2N7. The summed E-state index contributed by atoms with van der Waals surface area (Å²) in [6.45, 7) is 6.84. The molecule has 0 aliphatic heterocycles. The van der Waals surface area contributed by atoms with Crippen molar-refractivity contribution >= 4 is 28.1 Å². The van der Waals surface area contributed by atoms with E-state index < -0.39 is 5.92 Å². The predicted octanol–water partition coefficient (Wildman–Crippen LogP) is 5.50. The number of aromatic amines is 1. The van der Waals surface area contributed by atoms with Gasteiger partial charge in [-0.15, -0.1) is 0 Å². The zero-order chi connectivity index (χ0) is 22.5. The average molecular weight is 440 g/mol. The van der Waals surface area contributed by atoms with Gasteiger partial charge in [-0.05, 0) is 51.7 Å². The van der Waals surface area contributed by atoms with E-state index in [4.69, 9.17) is 4.98 Å². The van der Waals surface area contributed by atoms with Crippen LogP contribution in [0.2, 0.25) is 0 Å². The second-order valence-corrected chi connectivity index (χ2v) is 9.00. The number of nitrogens with zero attached hydrogens (tertiary/aromatic N) is 5. The average Bonchev–Trinajstić information content (AvgIpc) is 3.32. The van der Waals surface area contributed by atoms with Gasteiger partial charge >= 0.3 is 0 Å². The molecule has 1 aliphatic rings. The van der Waals surface area contributed by atoms with Gasteiger partial charge in [-0.1, -0.05) is 0 Å². The topological polar surface area (TPSA) is 84.3 Å². The normalized spacial score (nSPS) is 16.9. The van der Waals surface area contributed by atoms with Crippen LogP contribution in [0.25, 0.3) is 33.5 Å². The molecule has 0 aromatic carbocycles. The Balaban J connectivity index is 1.38. The lowest BCUT2D eigenvalue weighted by Crippen LogP contribution is -2.28. The Labute approximate surface area is 184 Å². The molecule has 0 unspecified atom stereocenters. The van der Waals surface area contributed by atoms with Crippen LogP contribution in [0.4, 0.5) is 14.7 Å². The molecule has 9 heteroatoms. The van der Waals surface area contributed by atoms with Crippen LogP contribution in [0.15, 0.2) is 24.5 Å². The summed E-state index contributed by atoms with van der Waals surface area (Å²) in [5.74, 6) is -0.840. The Morgan fingerprint density at radius 2 is 1.97 bits per heavy atom. The zero-order valence-electron chi connectivity index (χ0n) is 18.5. The van der Waals surface area contributed by atoms with E-state index >= 15 is 0 Å². The Kier molecular flexibility index (Phi) is 5.06. The van der Waals surface area contributed by atoms with Crippen LogP contribution in [-0.4, -0.2) is 42.0 Å². The number of aromatic nitrogens is 6. The molecule has 168 valence electrons. The van der Waals surface area contributed by atoms with Crippen LogP contribution < -0.4 is 5.32 Å². The van der Waals surface area contributed by atoms with Gasteiger partial charge < -0.3 is 14.9 Å². The summed E-state index contributed by atoms with van der Waals surface area (Å²) in [7, 11) is 0. The Morgan fingerprint density at radius 3 is 2.72 bits per heavy atom. The maximum Gasteiger partial charge on any atom is 0.248 e. The van der Waals surface area contributed by atoms with Crippen LogP contribution in [-0.2, 0) is 0 Å². The number of alkyl halides is 2. The summed E-state index contributed by atoms with van der Waals surface area (Å²) in [5, 5.41) is 4.10. The number of anilines is 1. The smallest absolute Gasteiger partial charge is 0.248 e. The van der Waals surface area contributed by atoms with E-state index in [9.17, 15) is 8.78 Å². The molecular weight excluding hydrogens is 412 g/mol. The van der Waals surface area contributed by atoms with Crippen molar-refractivity contribution in [1.82, 2.24) is 29.5 Å². The monoisotopic (exact) mass is 439 g/mol. The SMILES string of the molecule is Cc1nc2ccc(-c3c[nH]c4nc(NCC5CCC(F)(F)CC5)ncc34)nc2n1C(C)C. The minimum Gasteiger partial charge on any atom is -0.354 e. The van der Waals surface area contributed by atoms with Gasteiger partial charge in [0, 0.05) is 48.8 Å². The molecule has 0 radical (unpaired) electrons. The van der Waals surface area contributed by atoms with Crippen molar-refractivity contribution in [2.45, 2.75) is 58.4 Å². The number of rotatable bonds is 5. The number of pyridine rings is 1. The molecule has 5 rings (SSSR count). The summed E-state index contributed by atoms with van der Waals surface area (Å²) in [4.78, 5) is 21.7. The lowest BCUT2D eigenvalue weighted by atomic mass is 9.87. The number of halogens is 2. The first-order chi connectivity index (χ1) is 15.3. The molecule has 0 saturated heterocycles. The molecule has 1 fully saturated rings. The third-order valence-electron chi connectivity index (χ3n) is 6.32. The zero-order valence-corrected chi connectivity index (χ0v) is 18.5. The molecule has 2 N–H and O–H groups in total. The summed E-state index contributed by atoms with van der Waals surface area (Å²) in [6, 6.07) is 4.22. The van der Waals surface area contributed by atoms with E-state index in [2.05, 4.69) is 43.7 Å². The number of nitrogens with one attached hydrogen (secondary N) is 2. The molecule has 1 aliphatic carbocycles. The van der Waals surface area contributed by atoms with Gasteiger partial charge in [0.25, 0.3) is 0 Å². The highest BCUT2D eigenvalue weighted by atomic mass is 19.3. The van der Waals surface area contributed by atoms with Gasteiger partial charge in [0.2, 0.25) is 11.9 Å². The van der Waals surface area contributed by atoms with Crippen LogP contribution in [0.5, 0.6) is 0 Å². The number of imidazole rings is 1. The molecule has 7 nitrogen and oxygen atoms in total. The van der Waals surface area contributed by atoms with Crippen molar-refractivity contribution in [3.8, 4) is 11.3 Å². The van der Waals surface area contributed by atoms with Crippen LogP contribution in [0, 0.1) is 12.8 Å². The molecule has 1 saturated carbocycles. The summed E-state index contributed by atoms with van der Waals surface area (Å²) >= 11 is 0. The van der Waals surface area contributed by atoms with E-state index in [1.165, 1.54) is 0 Å². The highest BCUT2D eigenvalue weighted by Crippen LogP contribution is 2.36. The van der Waals surface area contributed by atoms with Crippen molar-refractivity contribution in [1.29, 1.82) is 0 Å². The molecule has 0 bridgehead atoms.